The average Bonchev–Trinajstić information content (AvgIpc) is 2.95. The molecule has 1 N–H and O–H groups in total. The van der Waals surface area contributed by atoms with Crippen LogP contribution in [-0.4, -0.2) is 22.2 Å². The zero-order valence-electron chi connectivity index (χ0n) is 15.6. The number of hydrogen-bond donors (Lipinski definition) is 1. The molecule has 0 radical (unpaired) electrons. The van der Waals surface area contributed by atoms with Crippen molar-refractivity contribution in [2.45, 2.75) is 33.1 Å². The van der Waals surface area contributed by atoms with Crippen LogP contribution in [0.4, 0.5) is 0 Å². The van der Waals surface area contributed by atoms with Crippen LogP contribution in [0, 0.1) is 13.8 Å². The van der Waals surface area contributed by atoms with Gasteiger partial charge < -0.3 is 5.32 Å². The predicted octanol–water partition coefficient (Wildman–Crippen LogP) is 3.95. The van der Waals surface area contributed by atoms with Gasteiger partial charge in [-0.15, -0.1) is 0 Å². The Labute approximate surface area is 154 Å². The SMILES string of the molecule is Cc1nn(-c2ccccc2)c(C)c1CC(=O)NC[C@H](C)c1ccccc1. The van der Waals surface area contributed by atoms with E-state index in [0.717, 1.165) is 22.6 Å². The number of nitrogens with zero attached hydrogens (tertiary/aromatic N) is 2. The van der Waals surface area contributed by atoms with Crippen molar-refractivity contribution in [3.05, 3.63) is 83.2 Å². The number of amides is 1. The van der Waals surface area contributed by atoms with Gasteiger partial charge in [-0.25, -0.2) is 4.68 Å². The Bertz CT molecular complexity index is 869. The largest absolute Gasteiger partial charge is 0.355 e. The molecule has 1 heterocycles. The summed E-state index contributed by atoms with van der Waals surface area (Å²) in [6.45, 7) is 6.73. The second-order valence-corrected chi connectivity index (χ2v) is 6.69. The zero-order valence-corrected chi connectivity index (χ0v) is 15.6. The van der Waals surface area contributed by atoms with Crippen LogP contribution >= 0.6 is 0 Å². The number of hydrogen-bond acceptors (Lipinski definition) is 2. The molecule has 1 amide bonds. The van der Waals surface area contributed by atoms with Crippen molar-refractivity contribution in [1.29, 1.82) is 0 Å². The van der Waals surface area contributed by atoms with Crippen molar-refractivity contribution < 1.29 is 4.79 Å². The molecule has 0 aliphatic heterocycles. The van der Waals surface area contributed by atoms with Gasteiger partial charge in [-0.1, -0.05) is 55.5 Å². The molecule has 0 aliphatic rings. The van der Waals surface area contributed by atoms with Gasteiger partial charge in [0.05, 0.1) is 17.8 Å². The number of aryl methyl sites for hydroxylation is 1. The Morgan fingerprint density at radius 1 is 1.04 bits per heavy atom. The molecule has 0 unspecified atom stereocenters. The Balaban J connectivity index is 1.65. The maximum absolute atomic E-state index is 12.5. The summed E-state index contributed by atoms with van der Waals surface area (Å²) in [5.74, 6) is 0.320. The first-order valence-corrected chi connectivity index (χ1v) is 8.98. The first-order chi connectivity index (χ1) is 12.6. The lowest BCUT2D eigenvalue weighted by Crippen LogP contribution is -2.29. The summed E-state index contributed by atoms with van der Waals surface area (Å²) < 4.78 is 1.91. The van der Waals surface area contributed by atoms with Crippen LogP contribution in [-0.2, 0) is 11.2 Å². The molecule has 0 fully saturated rings. The number of benzene rings is 2. The molecule has 4 heteroatoms. The topological polar surface area (TPSA) is 46.9 Å². The summed E-state index contributed by atoms with van der Waals surface area (Å²) in [5, 5.41) is 7.67. The minimum Gasteiger partial charge on any atom is -0.355 e. The molecule has 3 rings (SSSR count). The molecule has 0 bridgehead atoms. The highest BCUT2D eigenvalue weighted by molar-refractivity contribution is 5.79. The van der Waals surface area contributed by atoms with Crippen molar-refractivity contribution in [3.8, 4) is 5.69 Å². The van der Waals surface area contributed by atoms with Crippen LogP contribution < -0.4 is 5.32 Å². The van der Waals surface area contributed by atoms with Crippen LogP contribution in [0.25, 0.3) is 5.69 Å². The number of carbonyl (C=O) groups is 1. The lowest BCUT2D eigenvalue weighted by atomic mass is 10.0. The summed E-state index contributed by atoms with van der Waals surface area (Å²) in [5.41, 5.74) is 5.16. The predicted molar refractivity (Wildman–Crippen MR) is 105 cm³/mol. The highest BCUT2D eigenvalue weighted by Crippen LogP contribution is 2.18. The molecule has 26 heavy (non-hydrogen) atoms. The number of nitrogens with one attached hydrogen (secondary N) is 1. The minimum absolute atomic E-state index is 0.0339. The fraction of sp³-hybridized carbons (Fsp3) is 0.273. The van der Waals surface area contributed by atoms with Gasteiger partial charge in [0.15, 0.2) is 0 Å². The van der Waals surface area contributed by atoms with Gasteiger partial charge in [0.1, 0.15) is 0 Å². The Hall–Kier alpha value is -2.88. The molecule has 134 valence electrons. The second-order valence-electron chi connectivity index (χ2n) is 6.69. The Morgan fingerprint density at radius 2 is 1.65 bits per heavy atom. The first kappa shape index (κ1) is 17.9. The molecule has 4 nitrogen and oxygen atoms in total. The average molecular weight is 347 g/mol. The fourth-order valence-electron chi connectivity index (χ4n) is 3.14. The standard InChI is InChI=1S/C22H25N3O/c1-16(19-10-6-4-7-11-19)15-23-22(26)14-21-17(2)24-25(18(21)3)20-12-8-5-9-13-20/h4-13,16H,14-15H2,1-3H3,(H,23,26)/t16-/m0/s1. The molecule has 2 aromatic carbocycles. The van der Waals surface area contributed by atoms with E-state index in [0.29, 0.717) is 13.0 Å². The molecule has 0 aliphatic carbocycles. The third-order valence-corrected chi connectivity index (χ3v) is 4.75. The van der Waals surface area contributed by atoms with E-state index in [1.54, 1.807) is 0 Å². The number of rotatable bonds is 6. The molecule has 1 atom stereocenters. The van der Waals surface area contributed by atoms with Gasteiger partial charge in [0.25, 0.3) is 0 Å². The molecule has 0 spiro atoms. The molecule has 3 aromatic rings. The maximum Gasteiger partial charge on any atom is 0.224 e. The molecule has 0 saturated heterocycles. The minimum atomic E-state index is 0.0339. The van der Waals surface area contributed by atoms with Crippen LogP contribution in [0.15, 0.2) is 60.7 Å². The lowest BCUT2D eigenvalue weighted by Gasteiger charge is -2.13. The number of aromatic nitrogens is 2. The van der Waals surface area contributed by atoms with Gasteiger partial charge in [-0.05, 0) is 37.5 Å². The summed E-state index contributed by atoms with van der Waals surface area (Å²) in [4.78, 5) is 12.5. The fourth-order valence-corrected chi connectivity index (χ4v) is 3.14. The van der Waals surface area contributed by atoms with E-state index >= 15 is 0 Å². The van der Waals surface area contributed by atoms with Gasteiger partial charge >= 0.3 is 0 Å². The number of para-hydroxylation sites is 1. The van der Waals surface area contributed by atoms with Gasteiger partial charge in [-0.3, -0.25) is 4.79 Å². The van der Waals surface area contributed by atoms with E-state index in [-0.39, 0.29) is 11.8 Å². The van der Waals surface area contributed by atoms with E-state index in [1.807, 2.05) is 67.1 Å². The van der Waals surface area contributed by atoms with E-state index in [1.165, 1.54) is 5.56 Å². The van der Waals surface area contributed by atoms with Gasteiger partial charge in [0.2, 0.25) is 5.91 Å². The van der Waals surface area contributed by atoms with Crippen molar-refractivity contribution in [3.63, 3.8) is 0 Å². The normalized spacial score (nSPS) is 12.0. The van der Waals surface area contributed by atoms with E-state index < -0.39 is 0 Å². The summed E-state index contributed by atoms with van der Waals surface area (Å²) in [6.07, 6.45) is 0.353. The van der Waals surface area contributed by atoms with Crippen molar-refractivity contribution >= 4 is 5.91 Å². The maximum atomic E-state index is 12.5. The molecule has 1 aromatic heterocycles. The number of carbonyl (C=O) groups excluding carboxylic acids is 1. The van der Waals surface area contributed by atoms with Crippen LogP contribution in [0.3, 0.4) is 0 Å². The van der Waals surface area contributed by atoms with Crippen LogP contribution in [0.5, 0.6) is 0 Å². The Kier molecular flexibility index (Phi) is 5.52. The molecule has 0 saturated carbocycles. The van der Waals surface area contributed by atoms with E-state index in [9.17, 15) is 4.79 Å². The zero-order chi connectivity index (χ0) is 18.5. The smallest absolute Gasteiger partial charge is 0.224 e. The molecular formula is C22H25N3O. The van der Waals surface area contributed by atoms with E-state index in [4.69, 9.17) is 0 Å². The van der Waals surface area contributed by atoms with E-state index in [2.05, 4.69) is 29.5 Å². The highest BCUT2D eigenvalue weighted by Gasteiger charge is 2.16. The quantitative estimate of drug-likeness (QED) is 0.734. The lowest BCUT2D eigenvalue weighted by molar-refractivity contribution is -0.120. The summed E-state index contributed by atoms with van der Waals surface area (Å²) in [7, 11) is 0. The third-order valence-electron chi connectivity index (χ3n) is 4.75. The summed E-state index contributed by atoms with van der Waals surface area (Å²) >= 11 is 0. The first-order valence-electron chi connectivity index (χ1n) is 8.98. The second kappa shape index (κ2) is 8.00. The summed E-state index contributed by atoms with van der Waals surface area (Å²) in [6, 6.07) is 20.2. The van der Waals surface area contributed by atoms with Crippen molar-refractivity contribution in [2.75, 3.05) is 6.54 Å². The monoisotopic (exact) mass is 347 g/mol. The molecular weight excluding hydrogens is 322 g/mol. The van der Waals surface area contributed by atoms with Crippen LogP contribution in [0.2, 0.25) is 0 Å². The van der Waals surface area contributed by atoms with Crippen molar-refractivity contribution in [2.24, 2.45) is 0 Å². The van der Waals surface area contributed by atoms with Crippen LogP contribution in [0.1, 0.15) is 35.4 Å². The van der Waals surface area contributed by atoms with Gasteiger partial charge in [0, 0.05) is 17.8 Å². The van der Waals surface area contributed by atoms with Gasteiger partial charge in [-0.2, -0.15) is 5.10 Å². The third kappa shape index (κ3) is 4.02. The van der Waals surface area contributed by atoms with Crippen molar-refractivity contribution in [1.82, 2.24) is 15.1 Å². The highest BCUT2D eigenvalue weighted by atomic mass is 16.1. The Morgan fingerprint density at radius 3 is 2.31 bits per heavy atom.